The average molecular weight is 647 g/mol. The van der Waals surface area contributed by atoms with Gasteiger partial charge in [-0.3, -0.25) is 0 Å². The third-order valence-electron chi connectivity index (χ3n) is 9.48. The lowest BCUT2D eigenvalue weighted by molar-refractivity contribution is 0.0467. The summed E-state index contributed by atoms with van der Waals surface area (Å²) in [5, 5.41) is 0. The Morgan fingerprint density at radius 3 is 1.20 bits per heavy atom. The minimum atomic E-state index is -0.612. The highest BCUT2D eigenvalue weighted by Crippen LogP contribution is 2.24. The van der Waals surface area contributed by atoms with Gasteiger partial charge in [-0.1, -0.05) is 160 Å². The highest BCUT2D eigenvalue weighted by atomic mass is 16.6. The van der Waals surface area contributed by atoms with E-state index in [2.05, 4.69) is 57.1 Å². The van der Waals surface area contributed by atoms with Crippen LogP contribution in [0.3, 0.4) is 0 Å². The Morgan fingerprint density at radius 2 is 0.848 bits per heavy atom. The van der Waals surface area contributed by atoms with E-state index < -0.39 is 6.09 Å². The highest BCUT2D eigenvalue weighted by molar-refractivity contribution is 5.64. The first-order valence-corrected chi connectivity index (χ1v) is 20.4. The Bertz CT molecular complexity index is 675. The van der Waals surface area contributed by atoms with Gasteiger partial charge in [-0.25, -0.2) is 4.79 Å². The van der Waals surface area contributed by atoms with Gasteiger partial charge in [0.25, 0.3) is 0 Å². The van der Waals surface area contributed by atoms with Crippen molar-refractivity contribution in [2.24, 2.45) is 11.7 Å². The molecule has 272 valence electrons. The number of primary amides is 1. The van der Waals surface area contributed by atoms with Gasteiger partial charge < -0.3 is 15.4 Å². The smallest absolute Gasteiger partial charge is 0.404 e. The zero-order chi connectivity index (χ0) is 33.8. The van der Waals surface area contributed by atoms with Crippen molar-refractivity contribution >= 4 is 6.09 Å². The fourth-order valence-electron chi connectivity index (χ4n) is 6.65. The van der Waals surface area contributed by atoms with Crippen LogP contribution in [-0.2, 0) is 4.74 Å². The second-order valence-electron chi connectivity index (χ2n) is 14.5. The number of nitrogens with two attached hydrogens (primary N) is 1. The molecular formula is C42H82N2O2. The summed E-state index contributed by atoms with van der Waals surface area (Å²) in [7, 11) is 4.25. The van der Waals surface area contributed by atoms with Crippen LogP contribution in [0.25, 0.3) is 0 Å². The third kappa shape index (κ3) is 34.1. The van der Waals surface area contributed by atoms with E-state index in [0.717, 1.165) is 25.8 Å². The Hall–Kier alpha value is -1.29. The summed E-state index contributed by atoms with van der Waals surface area (Å²) in [5.74, 6) is 0.363. The fraction of sp³-hybridized carbons (Fsp3) is 0.881. The van der Waals surface area contributed by atoms with Crippen molar-refractivity contribution in [3.8, 4) is 0 Å². The Morgan fingerprint density at radius 1 is 0.522 bits per heavy atom. The van der Waals surface area contributed by atoms with Crippen molar-refractivity contribution < 1.29 is 9.53 Å². The number of hydrogen-bond acceptors (Lipinski definition) is 3. The minimum Gasteiger partial charge on any atom is -0.446 e. The summed E-state index contributed by atoms with van der Waals surface area (Å²) in [4.78, 5) is 14.0. The first-order chi connectivity index (χ1) is 22.5. The van der Waals surface area contributed by atoms with Crippen LogP contribution in [0.5, 0.6) is 0 Å². The zero-order valence-electron chi connectivity index (χ0n) is 31.7. The maximum absolute atomic E-state index is 11.8. The summed E-state index contributed by atoms with van der Waals surface area (Å²) in [6, 6.07) is 0. The molecule has 4 heteroatoms. The van der Waals surface area contributed by atoms with E-state index in [1.807, 2.05) is 0 Å². The van der Waals surface area contributed by atoms with Gasteiger partial charge in [-0.2, -0.15) is 0 Å². The number of allylic oxidation sites excluding steroid dienone is 4. The largest absolute Gasteiger partial charge is 0.446 e. The molecule has 0 saturated carbocycles. The quantitative estimate of drug-likeness (QED) is 0.0544. The van der Waals surface area contributed by atoms with Gasteiger partial charge in [-0.05, 0) is 84.7 Å². The van der Waals surface area contributed by atoms with E-state index in [4.69, 9.17) is 10.5 Å². The molecule has 0 aromatic carbocycles. The standard InChI is InChI=1S/C42H82N2O2/c1-5-7-9-11-13-15-17-19-21-23-25-27-29-31-33-35-37-40(39-44(3)4)41(46-42(43)45)38-36-34-32-30-28-26-24-22-20-18-16-14-12-10-8-6-2/h19-22,40-41H,5-18,23-39H2,1-4H3,(H2,43,45)/b21-19-,22-20-. The predicted octanol–water partition coefficient (Wildman–Crippen LogP) is 13.5. The van der Waals surface area contributed by atoms with E-state index in [1.54, 1.807) is 0 Å². The predicted molar refractivity (Wildman–Crippen MR) is 205 cm³/mol. The molecule has 2 unspecified atom stereocenters. The first-order valence-electron chi connectivity index (χ1n) is 20.4. The van der Waals surface area contributed by atoms with E-state index in [0.29, 0.717) is 5.92 Å². The second-order valence-corrected chi connectivity index (χ2v) is 14.5. The van der Waals surface area contributed by atoms with Crippen LogP contribution in [0.1, 0.15) is 206 Å². The molecule has 0 bridgehead atoms. The van der Waals surface area contributed by atoms with Gasteiger partial charge in [-0.15, -0.1) is 0 Å². The number of rotatable bonds is 36. The van der Waals surface area contributed by atoms with Gasteiger partial charge >= 0.3 is 6.09 Å². The molecule has 2 N–H and O–H groups in total. The molecule has 4 nitrogen and oxygen atoms in total. The molecule has 0 aliphatic heterocycles. The molecular weight excluding hydrogens is 564 g/mol. The molecule has 0 radical (unpaired) electrons. The summed E-state index contributed by atoms with van der Waals surface area (Å²) in [6.07, 6.45) is 47.9. The molecule has 1 amide bonds. The molecule has 0 saturated heterocycles. The lowest BCUT2D eigenvalue weighted by Gasteiger charge is -2.29. The van der Waals surface area contributed by atoms with Crippen LogP contribution in [0.15, 0.2) is 24.3 Å². The fourth-order valence-corrected chi connectivity index (χ4v) is 6.65. The van der Waals surface area contributed by atoms with Crippen LogP contribution in [0, 0.1) is 5.92 Å². The zero-order valence-corrected chi connectivity index (χ0v) is 31.7. The normalized spacial score (nSPS) is 13.3. The molecule has 0 aliphatic rings. The Kier molecular flexibility index (Phi) is 35.5. The van der Waals surface area contributed by atoms with Gasteiger partial charge in [0.05, 0.1) is 0 Å². The maximum atomic E-state index is 11.8. The molecule has 0 fully saturated rings. The topological polar surface area (TPSA) is 55.6 Å². The van der Waals surface area contributed by atoms with Crippen molar-refractivity contribution in [2.45, 2.75) is 213 Å². The summed E-state index contributed by atoms with van der Waals surface area (Å²) < 4.78 is 5.72. The first kappa shape index (κ1) is 44.7. The SMILES string of the molecule is CCCCCCCC/C=C\CCCCCCCCC(CN(C)C)C(CCCCCCCC/C=C\CCCCCCCC)OC(N)=O. The number of amides is 1. The third-order valence-corrected chi connectivity index (χ3v) is 9.48. The highest BCUT2D eigenvalue weighted by Gasteiger charge is 2.24. The van der Waals surface area contributed by atoms with Crippen LogP contribution < -0.4 is 5.73 Å². The van der Waals surface area contributed by atoms with Gasteiger partial charge in [0.1, 0.15) is 6.10 Å². The molecule has 0 aromatic rings. The maximum Gasteiger partial charge on any atom is 0.404 e. The van der Waals surface area contributed by atoms with E-state index >= 15 is 0 Å². The number of nitrogens with zero attached hydrogens (tertiary/aromatic N) is 1. The number of ether oxygens (including phenoxy) is 1. The van der Waals surface area contributed by atoms with Crippen LogP contribution in [0.2, 0.25) is 0 Å². The average Bonchev–Trinajstić information content (AvgIpc) is 3.02. The van der Waals surface area contributed by atoms with Crippen molar-refractivity contribution in [2.75, 3.05) is 20.6 Å². The molecule has 2 atom stereocenters. The minimum absolute atomic E-state index is 0.0557. The van der Waals surface area contributed by atoms with Gasteiger partial charge in [0.15, 0.2) is 0 Å². The van der Waals surface area contributed by atoms with Gasteiger partial charge in [0.2, 0.25) is 0 Å². The van der Waals surface area contributed by atoms with E-state index in [1.165, 1.54) is 173 Å². The lowest BCUT2D eigenvalue weighted by Crippen LogP contribution is -2.35. The van der Waals surface area contributed by atoms with Crippen molar-refractivity contribution in [1.82, 2.24) is 4.90 Å². The molecule has 0 aromatic heterocycles. The van der Waals surface area contributed by atoms with Gasteiger partial charge in [0, 0.05) is 12.5 Å². The number of hydrogen-bond donors (Lipinski definition) is 1. The number of carbonyl (C=O) groups is 1. The van der Waals surface area contributed by atoms with Crippen molar-refractivity contribution in [3.05, 3.63) is 24.3 Å². The molecule has 0 heterocycles. The van der Waals surface area contributed by atoms with Crippen molar-refractivity contribution in [1.29, 1.82) is 0 Å². The summed E-state index contributed by atoms with van der Waals surface area (Å²) in [5.41, 5.74) is 5.53. The molecule has 0 aliphatic carbocycles. The summed E-state index contributed by atoms with van der Waals surface area (Å²) in [6.45, 7) is 5.52. The second kappa shape index (κ2) is 36.5. The lowest BCUT2D eigenvalue weighted by atomic mass is 9.90. The Labute approximate surface area is 289 Å². The molecule has 0 spiro atoms. The molecule has 0 rings (SSSR count). The van der Waals surface area contributed by atoms with Crippen LogP contribution >= 0.6 is 0 Å². The van der Waals surface area contributed by atoms with E-state index in [9.17, 15) is 4.79 Å². The monoisotopic (exact) mass is 647 g/mol. The van der Waals surface area contributed by atoms with Crippen LogP contribution in [0.4, 0.5) is 4.79 Å². The van der Waals surface area contributed by atoms with Crippen LogP contribution in [-0.4, -0.2) is 37.7 Å². The number of carbonyl (C=O) groups excluding carboxylic acids is 1. The van der Waals surface area contributed by atoms with Crippen molar-refractivity contribution in [3.63, 3.8) is 0 Å². The summed E-state index contributed by atoms with van der Waals surface area (Å²) >= 11 is 0. The number of unbranched alkanes of at least 4 members (excludes halogenated alkanes) is 24. The van der Waals surface area contributed by atoms with E-state index in [-0.39, 0.29) is 6.10 Å². The molecule has 46 heavy (non-hydrogen) atoms. The Balaban J connectivity index is 4.03.